The van der Waals surface area contributed by atoms with Gasteiger partial charge in [0.15, 0.2) is 10.3 Å². The minimum atomic E-state index is -0.296. The summed E-state index contributed by atoms with van der Waals surface area (Å²) in [4.78, 5) is 34.6. The summed E-state index contributed by atoms with van der Waals surface area (Å²) in [5, 5.41) is 3.79. The van der Waals surface area contributed by atoms with E-state index < -0.39 is 0 Å². The zero-order valence-corrected chi connectivity index (χ0v) is 18.9. The van der Waals surface area contributed by atoms with Gasteiger partial charge in [-0.1, -0.05) is 41.6 Å². The van der Waals surface area contributed by atoms with Crippen molar-refractivity contribution >= 4 is 45.9 Å². The van der Waals surface area contributed by atoms with E-state index in [1.807, 2.05) is 25.1 Å². The van der Waals surface area contributed by atoms with Gasteiger partial charge in [0.05, 0.1) is 35.1 Å². The number of amides is 1. The maximum atomic E-state index is 13.4. The lowest BCUT2D eigenvalue weighted by atomic mass is 10.2. The second-order valence-electron chi connectivity index (χ2n) is 6.91. The molecule has 32 heavy (non-hydrogen) atoms. The summed E-state index contributed by atoms with van der Waals surface area (Å²) in [5.74, 6) is 0.253. The van der Waals surface area contributed by atoms with Crippen molar-refractivity contribution in [3.8, 4) is 11.4 Å². The molecule has 162 valence electrons. The van der Waals surface area contributed by atoms with Gasteiger partial charge >= 0.3 is 0 Å². The molecule has 4 aromatic rings. The Bertz CT molecular complexity index is 1370. The predicted octanol–water partition coefficient (Wildman–Crippen LogP) is 4.48. The molecule has 0 aliphatic rings. The van der Waals surface area contributed by atoms with Gasteiger partial charge in [0.1, 0.15) is 5.75 Å². The number of hydrogen-bond acceptors (Lipinski definition) is 6. The number of benzene rings is 2. The lowest BCUT2D eigenvalue weighted by Gasteiger charge is -2.16. The number of halogens is 1. The summed E-state index contributed by atoms with van der Waals surface area (Å²) < 4.78 is 6.99. The first-order chi connectivity index (χ1) is 15.5. The molecule has 2 aromatic carbocycles. The molecule has 9 heteroatoms. The van der Waals surface area contributed by atoms with Crippen LogP contribution < -0.4 is 15.6 Å². The molecule has 4 rings (SSSR count). The number of carbonyl (C=O) groups is 1. The van der Waals surface area contributed by atoms with E-state index in [9.17, 15) is 9.59 Å². The standard InChI is InChI=1S/C23H19ClN4O3S/c1-14-9-10-19(31-2)18(12-14)28-22(30)15-6-3-4-7-16(15)27-23(28)32-13-20(29)26-17-8-5-11-25-21(17)24/h3-12H,13H2,1-2H3,(H,26,29). The van der Waals surface area contributed by atoms with Crippen molar-refractivity contribution in [2.24, 2.45) is 0 Å². The quantitative estimate of drug-likeness (QED) is 0.256. The minimum absolute atomic E-state index is 0.0180. The Hall–Kier alpha value is -3.36. The Balaban J connectivity index is 1.75. The van der Waals surface area contributed by atoms with Crippen LogP contribution in [0.1, 0.15) is 5.56 Å². The largest absolute Gasteiger partial charge is 0.495 e. The molecule has 0 bridgehead atoms. The number of rotatable bonds is 6. The number of thioether (sulfide) groups is 1. The van der Waals surface area contributed by atoms with Crippen molar-refractivity contribution in [1.29, 1.82) is 0 Å². The number of nitrogens with one attached hydrogen (secondary N) is 1. The number of hydrogen-bond donors (Lipinski definition) is 1. The number of fused-ring (bicyclic) bond motifs is 1. The van der Waals surface area contributed by atoms with Crippen molar-refractivity contribution in [1.82, 2.24) is 14.5 Å². The smallest absolute Gasteiger partial charge is 0.266 e. The summed E-state index contributed by atoms with van der Waals surface area (Å²) >= 11 is 7.17. The summed E-state index contributed by atoms with van der Waals surface area (Å²) in [6, 6.07) is 16.0. The Morgan fingerprint density at radius 2 is 2.00 bits per heavy atom. The molecule has 0 aliphatic carbocycles. The van der Waals surface area contributed by atoms with Crippen LogP contribution in [0.25, 0.3) is 16.6 Å². The van der Waals surface area contributed by atoms with Crippen LogP contribution in [0.3, 0.4) is 0 Å². The Kier molecular flexibility index (Phi) is 6.43. The Morgan fingerprint density at radius 1 is 1.19 bits per heavy atom. The van der Waals surface area contributed by atoms with Crippen molar-refractivity contribution < 1.29 is 9.53 Å². The predicted molar refractivity (Wildman–Crippen MR) is 127 cm³/mol. The van der Waals surface area contributed by atoms with Crippen LogP contribution in [-0.2, 0) is 4.79 Å². The molecule has 2 heterocycles. The highest BCUT2D eigenvalue weighted by Gasteiger charge is 2.18. The Morgan fingerprint density at radius 3 is 2.78 bits per heavy atom. The van der Waals surface area contributed by atoms with Crippen LogP contribution >= 0.6 is 23.4 Å². The maximum Gasteiger partial charge on any atom is 0.266 e. The number of pyridine rings is 1. The lowest BCUT2D eigenvalue weighted by Crippen LogP contribution is -2.23. The minimum Gasteiger partial charge on any atom is -0.495 e. The number of nitrogens with zero attached hydrogens (tertiary/aromatic N) is 3. The van der Waals surface area contributed by atoms with Gasteiger partial charge in [0.2, 0.25) is 5.91 Å². The second-order valence-corrected chi connectivity index (χ2v) is 8.21. The monoisotopic (exact) mass is 466 g/mol. The molecular weight excluding hydrogens is 448 g/mol. The van der Waals surface area contributed by atoms with Crippen LogP contribution in [0, 0.1) is 6.92 Å². The van der Waals surface area contributed by atoms with Gasteiger partial charge in [0, 0.05) is 6.20 Å². The fourth-order valence-corrected chi connectivity index (χ4v) is 4.16. The summed E-state index contributed by atoms with van der Waals surface area (Å²) in [5.41, 5.74) is 2.26. The molecule has 0 atom stereocenters. The highest BCUT2D eigenvalue weighted by atomic mass is 35.5. The molecule has 0 unspecified atom stereocenters. The SMILES string of the molecule is COc1ccc(C)cc1-n1c(SCC(=O)Nc2cccnc2Cl)nc2ccccc2c1=O. The van der Waals surface area contributed by atoms with Gasteiger partial charge in [-0.05, 0) is 48.9 Å². The van der Waals surface area contributed by atoms with Crippen LogP contribution in [0.2, 0.25) is 5.15 Å². The normalized spacial score (nSPS) is 10.8. The number of ether oxygens (including phenoxy) is 1. The van der Waals surface area contributed by atoms with Crippen LogP contribution in [0.15, 0.2) is 70.7 Å². The number of methoxy groups -OCH3 is 1. The first-order valence-electron chi connectivity index (χ1n) is 9.68. The molecule has 1 amide bonds. The summed E-state index contributed by atoms with van der Waals surface area (Å²) in [6.07, 6.45) is 1.54. The molecule has 0 saturated heterocycles. The zero-order valence-electron chi connectivity index (χ0n) is 17.3. The van der Waals surface area contributed by atoms with Gasteiger partial charge in [0.25, 0.3) is 5.56 Å². The fraction of sp³-hybridized carbons (Fsp3) is 0.130. The van der Waals surface area contributed by atoms with Crippen molar-refractivity contribution in [3.63, 3.8) is 0 Å². The molecule has 0 fully saturated rings. The van der Waals surface area contributed by atoms with Gasteiger partial charge in [-0.2, -0.15) is 0 Å². The third-order valence-corrected chi connectivity index (χ3v) is 5.93. The molecule has 0 spiro atoms. The topological polar surface area (TPSA) is 86.1 Å². The maximum absolute atomic E-state index is 13.4. The van der Waals surface area contributed by atoms with Crippen molar-refractivity contribution in [3.05, 3.63) is 81.9 Å². The average Bonchev–Trinajstić information content (AvgIpc) is 2.79. The van der Waals surface area contributed by atoms with E-state index in [1.165, 1.54) is 4.57 Å². The van der Waals surface area contributed by atoms with E-state index >= 15 is 0 Å². The number of aromatic nitrogens is 3. The summed E-state index contributed by atoms with van der Waals surface area (Å²) in [7, 11) is 1.55. The van der Waals surface area contributed by atoms with Gasteiger partial charge in [-0.15, -0.1) is 0 Å². The molecular formula is C23H19ClN4O3S. The van der Waals surface area contributed by atoms with Crippen LogP contribution in [-0.4, -0.2) is 33.3 Å². The number of anilines is 1. The number of aryl methyl sites for hydroxylation is 1. The first-order valence-corrected chi connectivity index (χ1v) is 11.0. The van der Waals surface area contributed by atoms with E-state index in [4.69, 9.17) is 16.3 Å². The fourth-order valence-electron chi connectivity index (χ4n) is 3.19. The third kappa shape index (κ3) is 4.46. The molecule has 1 N–H and O–H groups in total. The Labute approximate surface area is 193 Å². The number of para-hydroxylation sites is 1. The average molecular weight is 467 g/mol. The van der Waals surface area contributed by atoms with E-state index in [0.29, 0.717) is 33.2 Å². The van der Waals surface area contributed by atoms with E-state index in [0.717, 1.165) is 17.3 Å². The van der Waals surface area contributed by atoms with E-state index in [2.05, 4.69) is 15.3 Å². The first kappa shape index (κ1) is 21.9. The molecule has 2 aromatic heterocycles. The lowest BCUT2D eigenvalue weighted by molar-refractivity contribution is -0.113. The molecule has 7 nitrogen and oxygen atoms in total. The third-order valence-electron chi connectivity index (χ3n) is 4.69. The summed E-state index contributed by atoms with van der Waals surface area (Å²) in [6.45, 7) is 1.93. The molecule has 0 saturated carbocycles. The molecule has 0 radical (unpaired) electrons. The van der Waals surface area contributed by atoms with Gasteiger partial charge < -0.3 is 10.1 Å². The highest BCUT2D eigenvalue weighted by molar-refractivity contribution is 7.99. The van der Waals surface area contributed by atoms with Crippen LogP contribution in [0.5, 0.6) is 5.75 Å². The zero-order chi connectivity index (χ0) is 22.7. The second kappa shape index (κ2) is 9.42. The van der Waals surface area contributed by atoms with Crippen molar-refractivity contribution in [2.75, 3.05) is 18.2 Å². The highest BCUT2D eigenvalue weighted by Crippen LogP contribution is 2.28. The van der Waals surface area contributed by atoms with Crippen molar-refractivity contribution in [2.45, 2.75) is 12.1 Å². The van der Waals surface area contributed by atoms with E-state index in [1.54, 1.807) is 49.7 Å². The van der Waals surface area contributed by atoms with Gasteiger partial charge in [-0.25, -0.2) is 9.97 Å². The van der Waals surface area contributed by atoms with Crippen LogP contribution in [0.4, 0.5) is 5.69 Å². The van der Waals surface area contributed by atoms with Gasteiger partial charge in [-0.3, -0.25) is 14.2 Å². The van der Waals surface area contributed by atoms with E-state index in [-0.39, 0.29) is 22.4 Å². The number of carbonyl (C=O) groups excluding carboxylic acids is 1. The molecule has 0 aliphatic heterocycles.